The standard InChI is InChI=1S/C24H23FO3S/c1-15-2-3-17(23-13-20(27)12-21(14-26)28-23)10-18(15)11-22-8-9-24(29-22)16-4-6-19(25)7-5-16/h2-10,21,23,26H,11-14H2,1H3/t21-,23+/m0/s1. The molecule has 150 valence electrons. The maximum atomic E-state index is 13.2. The third-order valence-electron chi connectivity index (χ3n) is 5.33. The molecule has 5 heteroatoms. The molecule has 4 rings (SSSR count). The largest absolute Gasteiger partial charge is 0.394 e. The van der Waals surface area contributed by atoms with Crippen LogP contribution in [0.25, 0.3) is 10.4 Å². The molecule has 1 aromatic heterocycles. The average Bonchev–Trinajstić information content (AvgIpc) is 3.18. The second-order valence-electron chi connectivity index (χ2n) is 7.51. The average molecular weight is 411 g/mol. The number of halogens is 1. The van der Waals surface area contributed by atoms with E-state index in [1.807, 2.05) is 6.07 Å². The zero-order valence-corrected chi connectivity index (χ0v) is 17.0. The third kappa shape index (κ3) is 4.64. The molecule has 0 bridgehead atoms. The second kappa shape index (κ2) is 8.57. The summed E-state index contributed by atoms with van der Waals surface area (Å²) in [5.41, 5.74) is 4.37. The Hall–Kier alpha value is -2.34. The molecule has 0 radical (unpaired) electrons. The van der Waals surface area contributed by atoms with Gasteiger partial charge in [0.2, 0.25) is 0 Å². The second-order valence-corrected chi connectivity index (χ2v) is 8.68. The molecule has 0 aliphatic carbocycles. The highest BCUT2D eigenvalue weighted by Gasteiger charge is 2.28. The maximum absolute atomic E-state index is 13.2. The van der Waals surface area contributed by atoms with Crippen LogP contribution in [0.5, 0.6) is 0 Å². The lowest BCUT2D eigenvalue weighted by Gasteiger charge is -2.28. The van der Waals surface area contributed by atoms with Crippen LogP contribution in [0.15, 0.2) is 54.6 Å². The summed E-state index contributed by atoms with van der Waals surface area (Å²) in [6.45, 7) is 1.94. The number of Topliss-reactive ketones (excluding diaryl/α,β-unsaturated/α-hetero) is 1. The van der Waals surface area contributed by atoms with Gasteiger partial charge in [-0.1, -0.05) is 30.3 Å². The van der Waals surface area contributed by atoms with Crippen molar-refractivity contribution in [2.45, 2.75) is 38.4 Å². The van der Waals surface area contributed by atoms with Crippen molar-refractivity contribution < 1.29 is 19.0 Å². The first-order valence-electron chi connectivity index (χ1n) is 9.74. The third-order valence-corrected chi connectivity index (χ3v) is 6.46. The Morgan fingerprint density at radius 2 is 1.90 bits per heavy atom. The van der Waals surface area contributed by atoms with Crippen LogP contribution in [0.2, 0.25) is 0 Å². The first kappa shape index (κ1) is 20.0. The van der Waals surface area contributed by atoms with Crippen molar-refractivity contribution >= 4 is 17.1 Å². The van der Waals surface area contributed by atoms with Gasteiger partial charge in [0, 0.05) is 29.0 Å². The lowest BCUT2D eigenvalue weighted by atomic mass is 9.94. The van der Waals surface area contributed by atoms with Crippen molar-refractivity contribution in [2.24, 2.45) is 0 Å². The molecule has 1 saturated heterocycles. The van der Waals surface area contributed by atoms with Gasteiger partial charge in [-0.15, -0.1) is 11.3 Å². The molecule has 0 unspecified atom stereocenters. The van der Waals surface area contributed by atoms with Crippen molar-refractivity contribution in [3.8, 4) is 10.4 Å². The van der Waals surface area contributed by atoms with Gasteiger partial charge in [-0.25, -0.2) is 4.39 Å². The number of aliphatic hydroxyl groups is 1. The van der Waals surface area contributed by atoms with Crippen LogP contribution in [0.3, 0.4) is 0 Å². The maximum Gasteiger partial charge on any atom is 0.138 e. The molecule has 0 saturated carbocycles. The van der Waals surface area contributed by atoms with Gasteiger partial charge in [0.1, 0.15) is 11.6 Å². The van der Waals surface area contributed by atoms with E-state index in [1.54, 1.807) is 23.5 Å². The molecule has 0 spiro atoms. The van der Waals surface area contributed by atoms with Crippen LogP contribution in [0.4, 0.5) is 4.39 Å². The van der Waals surface area contributed by atoms with Crippen LogP contribution in [-0.2, 0) is 16.0 Å². The van der Waals surface area contributed by atoms with Gasteiger partial charge < -0.3 is 9.84 Å². The first-order valence-corrected chi connectivity index (χ1v) is 10.6. The normalized spacial score (nSPS) is 19.5. The quantitative estimate of drug-likeness (QED) is 0.626. The predicted molar refractivity (Wildman–Crippen MR) is 113 cm³/mol. The Morgan fingerprint density at radius 1 is 1.10 bits per heavy atom. The fraction of sp³-hybridized carbons (Fsp3) is 0.292. The van der Waals surface area contributed by atoms with Crippen molar-refractivity contribution in [3.63, 3.8) is 0 Å². The van der Waals surface area contributed by atoms with E-state index in [-0.39, 0.29) is 30.7 Å². The number of rotatable bonds is 5. The molecule has 0 amide bonds. The monoisotopic (exact) mass is 410 g/mol. The number of aliphatic hydroxyl groups excluding tert-OH is 1. The minimum absolute atomic E-state index is 0.129. The van der Waals surface area contributed by atoms with Crippen LogP contribution in [0.1, 0.15) is 40.5 Å². The number of hydrogen-bond acceptors (Lipinski definition) is 4. The first-order chi connectivity index (χ1) is 14.0. The summed E-state index contributed by atoms with van der Waals surface area (Å²) in [5, 5.41) is 9.38. The number of ether oxygens (including phenoxy) is 1. The highest BCUT2D eigenvalue weighted by atomic mass is 32.1. The Kier molecular flexibility index (Phi) is 5.90. The topological polar surface area (TPSA) is 46.5 Å². The van der Waals surface area contributed by atoms with E-state index in [0.29, 0.717) is 6.42 Å². The van der Waals surface area contributed by atoms with E-state index in [2.05, 4.69) is 31.2 Å². The van der Waals surface area contributed by atoms with Gasteiger partial charge >= 0.3 is 0 Å². The van der Waals surface area contributed by atoms with Crippen molar-refractivity contribution in [1.82, 2.24) is 0 Å². The molecule has 3 nitrogen and oxygen atoms in total. The van der Waals surface area contributed by atoms with E-state index < -0.39 is 6.10 Å². The van der Waals surface area contributed by atoms with Crippen LogP contribution in [0, 0.1) is 12.7 Å². The molecular weight excluding hydrogens is 387 g/mol. The fourth-order valence-electron chi connectivity index (χ4n) is 3.69. The van der Waals surface area contributed by atoms with Crippen LogP contribution in [-0.4, -0.2) is 23.6 Å². The number of benzene rings is 2. The molecule has 2 aromatic carbocycles. The van der Waals surface area contributed by atoms with E-state index in [0.717, 1.165) is 22.4 Å². The van der Waals surface area contributed by atoms with Crippen molar-refractivity contribution in [3.05, 3.63) is 82.0 Å². The van der Waals surface area contributed by atoms with Crippen molar-refractivity contribution in [1.29, 1.82) is 0 Å². The summed E-state index contributed by atoms with van der Waals surface area (Å²) >= 11 is 1.70. The Morgan fingerprint density at radius 3 is 2.66 bits per heavy atom. The lowest BCUT2D eigenvalue weighted by Crippen LogP contribution is -2.30. The smallest absolute Gasteiger partial charge is 0.138 e. The Balaban J connectivity index is 1.54. The number of aryl methyl sites for hydroxylation is 1. The molecule has 1 aliphatic heterocycles. The number of carbonyl (C=O) groups is 1. The van der Waals surface area contributed by atoms with Gasteiger partial charge in [-0.3, -0.25) is 4.79 Å². The fourth-order valence-corrected chi connectivity index (χ4v) is 4.72. The van der Waals surface area contributed by atoms with Gasteiger partial charge in [-0.05, 0) is 53.4 Å². The van der Waals surface area contributed by atoms with Crippen LogP contribution < -0.4 is 0 Å². The minimum Gasteiger partial charge on any atom is -0.394 e. The SMILES string of the molecule is Cc1ccc([C@H]2CC(=O)C[C@@H](CO)O2)cc1Cc1ccc(-c2ccc(F)cc2)s1. The summed E-state index contributed by atoms with van der Waals surface area (Å²) in [6.07, 6.45) is 0.711. The predicted octanol–water partition coefficient (Wildman–Crippen LogP) is 5.23. The Bertz CT molecular complexity index is 1010. The number of hydrogen-bond donors (Lipinski definition) is 1. The van der Waals surface area contributed by atoms with Gasteiger partial charge in [0.25, 0.3) is 0 Å². The molecular formula is C24H23FO3S. The van der Waals surface area contributed by atoms with Gasteiger partial charge in [-0.2, -0.15) is 0 Å². The zero-order chi connectivity index (χ0) is 20.4. The van der Waals surface area contributed by atoms with E-state index in [1.165, 1.54) is 28.1 Å². The highest BCUT2D eigenvalue weighted by Crippen LogP contribution is 2.33. The summed E-state index contributed by atoms with van der Waals surface area (Å²) in [4.78, 5) is 14.3. The van der Waals surface area contributed by atoms with Crippen LogP contribution >= 0.6 is 11.3 Å². The number of thiophene rings is 1. The van der Waals surface area contributed by atoms with E-state index >= 15 is 0 Å². The molecule has 1 aliphatic rings. The van der Waals surface area contributed by atoms with Gasteiger partial charge in [0.15, 0.2) is 0 Å². The summed E-state index contributed by atoms with van der Waals surface area (Å²) in [6, 6.07) is 16.9. The van der Waals surface area contributed by atoms with E-state index in [9.17, 15) is 14.3 Å². The lowest BCUT2D eigenvalue weighted by molar-refractivity contribution is -0.139. The summed E-state index contributed by atoms with van der Waals surface area (Å²) in [5.74, 6) is -0.102. The van der Waals surface area contributed by atoms with Crippen molar-refractivity contribution in [2.75, 3.05) is 6.61 Å². The summed E-state index contributed by atoms with van der Waals surface area (Å²) < 4.78 is 19.1. The molecule has 3 aromatic rings. The molecule has 29 heavy (non-hydrogen) atoms. The highest BCUT2D eigenvalue weighted by molar-refractivity contribution is 7.15. The minimum atomic E-state index is -0.415. The van der Waals surface area contributed by atoms with E-state index in [4.69, 9.17) is 4.74 Å². The Labute approximate surface area is 173 Å². The number of ketones is 1. The molecule has 2 atom stereocenters. The van der Waals surface area contributed by atoms with Gasteiger partial charge in [0.05, 0.1) is 18.8 Å². The molecule has 2 heterocycles. The molecule has 1 N–H and O–H groups in total. The zero-order valence-electron chi connectivity index (χ0n) is 16.2. The molecule has 1 fully saturated rings. The number of carbonyl (C=O) groups excluding carboxylic acids is 1. The summed E-state index contributed by atoms with van der Waals surface area (Å²) in [7, 11) is 0.